The van der Waals surface area contributed by atoms with Crippen molar-refractivity contribution in [2.45, 2.75) is 69.7 Å². The SMILES string of the molecule is CC(C)(C)OC(=O)NC12CCC(NC(=O)OCc3ccccc3)(C1)C2. The Kier molecular flexibility index (Phi) is 4.39. The van der Waals surface area contributed by atoms with Crippen LogP contribution in [0.1, 0.15) is 52.0 Å². The number of ether oxygens (including phenoxy) is 2. The molecule has 6 nitrogen and oxygen atoms in total. The highest BCUT2D eigenvalue weighted by molar-refractivity contribution is 5.71. The maximum absolute atomic E-state index is 12.1. The van der Waals surface area contributed by atoms with E-state index in [0.717, 1.165) is 31.2 Å². The molecule has 0 atom stereocenters. The van der Waals surface area contributed by atoms with Gasteiger partial charge in [0.1, 0.15) is 12.2 Å². The van der Waals surface area contributed by atoms with Gasteiger partial charge >= 0.3 is 12.2 Å². The van der Waals surface area contributed by atoms with Crippen molar-refractivity contribution in [2.75, 3.05) is 0 Å². The fourth-order valence-electron chi connectivity index (χ4n) is 3.87. The molecular weight excluding hydrogens is 320 g/mol. The zero-order chi connectivity index (χ0) is 18.1. The molecule has 3 saturated carbocycles. The van der Waals surface area contributed by atoms with Gasteiger partial charge in [0.15, 0.2) is 0 Å². The molecule has 3 fully saturated rings. The highest BCUT2D eigenvalue weighted by atomic mass is 16.6. The molecule has 1 aromatic rings. The first-order valence-electron chi connectivity index (χ1n) is 8.69. The first-order chi connectivity index (χ1) is 11.7. The summed E-state index contributed by atoms with van der Waals surface area (Å²) in [6, 6.07) is 9.58. The highest BCUT2D eigenvalue weighted by Crippen LogP contribution is 2.55. The summed E-state index contributed by atoms with van der Waals surface area (Å²) >= 11 is 0. The Bertz CT molecular complexity index is 645. The number of hydrogen-bond acceptors (Lipinski definition) is 4. The third-order valence-corrected chi connectivity index (χ3v) is 4.78. The number of hydrogen-bond donors (Lipinski definition) is 2. The molecule has 0 unspecified atom stereocenters. The second kappa shape index (κ2) is 6.24. The number of fused-ring (bicyclic) bond motifs is 1. The Morgan fingerprint density at radius 3 is 2.12 bits per heavy atom. The average Bonchev–Trinajstić information content (AvgIpc) is 2.98. The van der Waals surface area contributed by atoms with Gasteiger partial charge in [-0.1, -0.05) is 30.3 Å². The maximum atomic E-state index is 12.1. The second-order valence-corrected chi connectivity index (χ2v) is 8.23. The summed E-state index contributed by atoms with van der Waals surface area (Å²) < 4.78 is 10.6. The van der Waals surface area contributed by atoms with Crippen LogP contribution in [0.4, 0.5) is 9.59 Å². The summed E-state index contributed by atoms with van der Waals surface area (Å²) in [7, 11) is 0. The minimum Gasteiger partial charge on any atom is -0.445 e. The predicted octanol–water partition coefficient (Wildman–Crippen LogP) is 3.50. The van der Waals surface area contributed by atoms with Gasteiger partial charge < -0.3 is 20.1 Å². The van der Waals surface area contributed by atoms with Crippen LogP contribution >= 0.6 is 0 Å². The Morgan fingerprint density at radius 1 is 1.00 bits per heavy atom. The van der Waals surface area contributed by atoms with Crippen molar-refractivity contribution >= 4 is 12.2 Å². The molecule has 0 radical (unpaired) electrons. The summed E-state index contributed by atoms with van der Waals surface area (Å²) in [5.41, 5.74) is -0.0755. The van der Waals surface area contributed by atoms with Crippen LogP contribution in [0.25, 0.3) is 0 Å². The van der Waals surface area contributed by atoms with Crippen molar-refractivity contribution in [1.29, 1.82) is 0 Å². The first kappa shape index (κ1) is 17.6. The number of amides is 2. The van der Waals surface area contributed by atoms with Crippen molar-refractivity contribution in [1.82, 2.24) is 10.6 Å². The van der Waals surface area contributed by atoms with Crippen LogP contribution < -0.4 is 10.6 Å². The summed E-state index contributed by atoms with van der Waals surface area (Å²) in [5, 5.41) is 5.96. The Labute approximate surface area is 148 Å². The van der Waals surface area contributed by atoms with Gasteiger partial charge in [0.25, 0.3) is 0 Å². The van der Waals surface area contributed by atoms with Crippen LogP contribution in [-0.2, 0) is 16.1 Å². The van der Waals surface area contributed by atoms with Crippen molar-refractivity contribution in [3.63, 3.8) is 0 Å². The number of carbonyl (C=O) groups is 2. The molecule has 2 N–H and O–H groups in total. The van der Waals surface area contributed by atoms with Crippen LogP contribution in [0.3, 0.4) is 0 Å². The number of alkyl carbamates (subject to hydrolysis) is 2. The van der Waals surface area contributed by atoms with Crippen LogP contribution in [-0.4, -0.2) is 28.9 Å². The van der Waals surface area contributed by atoms with Gasteiger partial charge in [0, 0.05) is 11.1 Å². The molecule has 1 aromatic carbocycles. The smallest absolute Gasteiger partial charge is 0.408 e. The molecule has 2 bridgehead atoms. The van der Waals surface area contributed by atoms with Crippen molar-refractivity contribution in [2.24, 2.45) is 0 Å². The summed E-state index contributed by atoms with van der Waals surface area (Å²) in [5.74, 6) is 0. The third kappa shape index (κ3) is 4.24. The monoisotopic (exact) mass is 346 g/mol. The molecule has 136 valence electrons. The van der Waals surface area contributed by atoms with Gasteiger partial charge in [-0.15, -0.1) is 0 Å². The van der Waals surface area contributed by atoms with Gasteiger partial charge in [-0.25, -0.2) is 9.59 Å². The van der Waals surface area contributed by atoms with E-state index < -0.39 is 17.8 Å². The molecule has 0 spiro atoms. The second-order valence-electron chi connectivity index (χ2n) is 8.23. The quantitative estimate of drug-likeness (QED) is 0.875. The number of carbonyl (C=O) groups excluding carboxylic acids is 2. The molecule has 25 heavy (non-hydrogen) atoms. The molecule has 4 rings (SSSR count). The van der Waals surface area contributed by atoms with Crippen molar-refractivity contribution in [3.8, 4) is 0 Å². The molecule has 6 heteroatoms. The lowest BCUT2D eigenvalue weighted by Crippen LogP contribution is -2.64. The number of benzene rings is 1. The van der Waals surface area contributed by atoms with E-state index >= 15 is 0 Å². The van der Waals surface area contributed by atoms with E-state index in [1.54, 1.807) is 0 Å². The molecular formula is C19H26N2O4. The molecule has 3 aliphatic rings. The van der Waals surface area contributed by atoms with E-state index in [1.165, 1.54) is 0 Å². The van der Waals surface area contributed by atoms with Gasteiger partial charge in [-0.05, 0) is 52.0 Å². The van der Waals surface area contributed by atoms with Gasteiger partial charge in [0.2, 0.25) is 0 Å². The van der Waals surface area contributed by atoms with E-state index in [4.69, 9.17) is 9.47 Å². The number of nitrogens with one attached hydrogen (secondary N) is 2. The molecule has 0 saturated heterocycles. The van der Waals surface area contributed by atoms with E-state index in [0.29, 0.717) is 0 Å². The van der Waals surface area contributed by atoms with Crippen LogP contribution in [0, 0.1) is 0 Å². The summed E-state index contributed by atoms with van der Waals surface area (Å²) in [4.78, 5) is 24.1. The van der Waals surface area contributed by atoms with E-state index in [2.05, 4.69) is 10.6 Å². The zero-order valence-corrected chi connectivity index (χ0v) is 15.1. The highest BCUT2D eigenvalue weighted by Gasteiger charge is 2.62. The van der Waals surface area contributed by atoms with Crippen molar-refractivity contribution < 1.29 is 19.1 Å². The Balaban J connectivity index is 1.45. The van der Waals surface area contributed by atoms with Gasteiger partial charge in [-0.2, -0.15) is 0 Å². The lowest BCUT2D eigenvalue weighted by Gasteiger charge is -2.47. The molecule has 3 aliphatic carbocycles. The van der Waals surface area contributed by atoms with Crippen LogP contribution in [0.15, 0.2) is 30.3 Å². The van der Waals surface area contributed by atoms with Crippen molar-refractivity contribution in [3.05, 3.63) is 35.9 Å². The van der Waals surface area contributed by atoms with E-state index in [1.807, 2.05) is 51.1 Å². The lowest BCUT2D eigenvalue weighted by atomic mass is 9.71. The topological polar surface area (TPSA) is 76.7 Å². The molecule has 0 heterocycles. The predicted molar refractivity (Wildman–Crippen MR) is 93.1 cm³/mol. The zero-order valence-electron chi connectivity index (χ0n) is 15.1. The fraction of sp³-hybridized carbons (Fsp3) is 0.579. The normalized spacial score (nSPS) is 27.2. The van der Waals surface area contributed by atoms with Gasteiger partial charge in [-0.3, -0.25) is 0 Å². The summed E-state index contributed by atoms with van der Waals surface area (Å²) in [6.45, 7) is 5.78. The average molecular weight is 346 g/mol. The van der Waals surface area contributed by atoms with Crippen LogP contribution in [0.2, 0.25) is 0 Å². The lowest BCUT2D eigenvalue weighted by molar-refractivity contribution is 0.0344. The molecule has 0 aromatic heterocycles. The Hall–Kier alpha value is -2.24. The first-order valence-corrected chi connectivity index (χ1v) is 8.69. The van der Waals surface area contributed by atoms with E-state index in [9.17, 15) is 9.59 Å². The minimum absolute atomic E-state index is 0.254. The largest absolute Gasteiger partial charge is 0.445 e. The third-order valence-electron chi connectivity index (χ3n) is 4.78. The number of rotatable bonds is 4. The standard InChI is InChI=1S/C19H26N2O4/c1-17(2,3)25-16(23)21-19-10-9-18(12-19,13-19)20-15(22)24-11-14-7-5-4-6-8-14/h4-8H,9-13H2,1-3H3,(H,20,22)(H,21,23). The van der Waals surface area contributed by atoms with E-state index in [-0.39, 0.29) is 17.7 Å². The fourth-order valence-corrected chi connectivity index (χ4v) is 3.87. The minimum atomic E-state index is -0.514. The molecule has 2 amide bonds. The summed E-state index contributed by atoms with van der Waals surface area (Å²) in [6.07, 6.45) is 2.32. The Morgan fingerprint density at radius 2 is 1.56 bits per heavy atom. The maximum Gasteiger partial charge on any atom is 0.408 e. The van der Waals surface area contributed by atoms with Crippen LogP contribution in [0.5, 0.6) is 0 Å². The van der Waals surface area contributed by atoms with Gasteiger partial charge in [0.05, 0.1) is 0 Å². The molecule has 0 aliphatic heterocycles.